The second-order valence-electron chi connectivity index (χ2n) is 41.5. The van der Waals surface area contributed by atoms with Gasteiger partial charge in [0.25, 0.3) is 0 Å². The minimum Gasteiger partial charge on any atom is -0.134 e. The summed E-state index contributed by atoms with van der Waals surface area (Å²) in [6.45, 7) is 21.7. The summed E-state index contributed by atoms with van der Waals surface area (Å²) in [5.74, 6) is 13.1. The smallest absolute Gasteiger partial charge is 0.0543 e. The van der Waals surface area contributed by atoms with Crippen molar-refractivity contribution >= 4 is 295 Å². The van der Waals surface area contributed by atoms with Crippen molar-refractivity contribution in [3.8, 4) is 90.4 Å². The van der Waals surface area contributed by atoms with Crippen LogP contribution in [0.4, 0.5) is 0 Å². The molecule has 148 heavy (non-hydrogen) atoms. The summed E-state index contributed by atoms with van der Waals surface area (Å²) in [7, 11) is 0. The lowest BCUT2D eigenvalue weighted by Crippen LogP contribution is -2.10. The summed E-state index contributed by atoms with van der Waals surface area (Å²) >= 11 is 15.4. The van der Waals surface area contributed by atoms with E-state index in [2.05, 4.69) is 479 Å². The first-order valence-corrected chi connectivity index (χ1v) is 57.1. The van der Waals surface area contributed by atoms with Gasteiger partial charge in [-0.05, 0) is 324 Å². The number of hydrogen-bond acceptors (Lipinski definition) is 8. The molecule has 0 aliphatic heterocycles. The Morgan fingerprint density at radius 3 is 0.615 bits per heavy atom. The van der Waals surface area contributed by atoms with E-state index in [1.807, 2.05) is 105 Å². The molecule has 0 radical (unpaired) electrons. The third-order valence-corrected chi connectivity index (χ3v) is 39.9. The highest BCUT2D eigenvalue weighted by Crippen LogP contribution is 2.54. The van der Waals surface area contributed by atoms with Crippen molar-refractivity contribution in [1.82, 2.24) is 0 Å². The average molecular weight is 2030 g/mol. The SMILES string of the molecule is CC#Cc1c2ccccc2cc2c1sc1c3cc4ccccc4c(C#CC)c3sc21.CC(C)(C)c1ccc(-c2ccc3cc4c(cc3c2)sc2c3cc5ccc(-c6ccc(C(C)(C)C)cc6)cc5cc3sc42)cc1.Cc1ccc(-c2ccc3cc4c(cc3c2)sc2c3cc5ccc(-c6ccc(C)cc6)cc5cc3sc42)cc1.c1ccc(-c2ccc3cc4c(cc3c2)sc2c3cc5ccc(-c6ccccc6)cc5cc3sc42)cc1. The van der Waals surface area contributed by atoms with Gasteiger partial charge in [-0.25, -0.2) is 0 Å². The maximum absolute atomic E-state index is 3.40. The van der Waals surface area contributed by atoms with Crippen LogP contribution in [0.2, 0.25) is 0 Å². The van der Waals surface area contributed by atoms with Crippen LogP contribution in [0, 0.1) is 37.5 Å². The lowest BCUT2D eigenvalue weighted by atomic mass is 9.86. The molecule has 0 aliphatic carbocycles. The zero-order valence-electron chi connectivity index (χ0n) is 83.4. The number of rotatable bonds is 6. The van der Waals surface area contributed by atoms with Gasteiger partial charge in [0.2, 0.25) is 0 Å². The highest BCUT2D eigenvalue weighted by molar-refractivity contribution is 7.39. The summed E-state index contributed by atoms with van der Waals surface area (Å²) in [6, 6.07) is 149. The molecule has 0 atom stereocenters. The molecule has 0 saturated carbocycles. The van der Waals surface area contributed by atoms with E-state index in [0.29, 0.717) is 0 Å². The zero-order chi connectivity index (χ0) is 99.6. The Morgan fingerprint density at radius 1 is 0.162 bits per heavy atom. The molecule has 22 aromatic carbocycles. The number of aryl methyl sites for hydroxylation is 2. The Morgan fingerprint density at radius 2 is 0.372 bits per heavy atom. The second kappa shape index (κ2) is 36.4. The van der Waals surface area contributed by atoms with Gasteiger partial charge in [-0.2, -0.15) is 0 Å². The molecule has 0 fully saturated rings. The van der Waals surface area contributed by atoms with E-state index in [1.54, 1.807) is 0 Å². The first kappa shape index (κ1) is 91.4. The lowest BCUT2D eigenvalue weighted by Gasteiger charge is -2.19. The monoisotopic (exact) mass is 2030 g/mol. The maximum atomic E-state index is 3.40. The van der Waals surface area contributed by atoms with Crippen molar-refractivity contribution in [2.45, 2.75) is 80.1 Å². The van der Waals surface area contributed by atoms with E-state index in [0.717, 1.165) is 11.1 Å². The van der Waals surface area contributed by atoms with E-state index >= 15 is 0 Å². The van der Waals surface area contributed by atoms with E-state index in [9.17, 15) is 0 Å². The Bertz CT molecular complexity index is 10200. The number of hydrogen-bond donors (Lipinski definition) is 0. The van der Waals surface area contributed by atoms with Gasteiger partial charge in [0, 0.05) is 71.3 Å². The number of benzene rings is 22. The first-order chi connectivity index (χ1) is 72.2. The largest absolute Gasteiger partial charge is 0.134 e. The first-order valence-electron chi connectivity index (χ1n) is 50.5. The summed E-state index contributed by atoms with van der Waals surface area (Å²) in [4.78, 5) is 0. The highest BCUT2D eigenvalue weighted by atomic mass is 32.1. The molecule has 0 unspecified atom stereocenters. The van der Waals surface area contributed by atoms with Gasteiger partial charge in [-0.15, -0.1) is 103 Å². The minimum absolute atomic E-state index is 0.165. The summed E-state index contributed by atoms with van der Waals surface area (Å²) < 4.78 is 22.0. The van der Waals surface area contributed by atoms with E-state index < -0.39 is 0 Å². The van der Waals surface area contributed by atoms with Crippen LogP contribution < -0.4 is 0 Å². The molecule has 8 heterocycles. The van der Waals surface area contributed by atoms with Crippen molar-refractivity contribution in [1.29, 1.82) is 0 Å². The van der Waals surface area contributed by atoms with Gasteiger partial charge < -0.3 is 0 Å². The fraction of sp³-hybridized carbons (Fsp3) is 0.0857. The van der Waals surface area contributed by atoms with Crippen molar-refractivity contribution in [3.05, 3.63) is 434 Å². The number of thiophene rings is 8. The third-order valence-electron chi connectivity index (χ3n) is 29.8. The van der Waals surface area contributed by atoms with Crippen molar-refractivity contribution in [2.24, 2.45) is 0 Å². The van der Waals surface area contributed by atoms with Crippen LogP contribution in [-0.4, -0.2) is 0 Å². The molecule has 704 valence electrons. The van der Waals surface area contributed by atoms with E-state index in [4.69, 9.17) is 0 Å². The Hall–Kier alpha value is -15.2. The molecule has 8 aromatic heterocycles. The normalized spacial score (nSPS) is 12.0. The fourth-order valence-corrected chi connectivity index (χ4v) is 32.6. The molecule has 0 saturated heterocycles. The van der Waals surface area contributed by atoms with Gasteiger partial charge in [0.05, 0.1) is 58.1 Å². The quantitative estimate of drug-likeness (QED) is 0.146. The Kier molecular flexibility index (Phi) is 22.5. The molecular formula is C140H96S8. The molecular weight excluding hydrogens is 1940 g/mol. The molecule has 0 aliphatic rings. The molecule has 30 rings (SSSR count). The molecule has 0 nitrogen and oxygen atoms in total. The van der Waals surface area contributed by atoms with Crippen LogP contribution in [-0.2, 0) is 10.8 Å². The Labute approximate surface area is 891 Å². The van der Waals surface area contributed by atoms with Crippen LogP contribution >= 0.6 is 90.7 Å². The predicted molar refractivity (Wildman–Crippen MR) is 663 cm³/mol. The van der Waals surface area contributed by atoms with Gasteiger partial charge >= 0.3 is 0 Å². The molecule has 8 heteroatoms. The maximum Gasteiger partial charge on any atom is 0.0543 e. The summed E-state index contributed by atoms with van der Waals surface area (Å²) in [5, 5.41) is 31.5. The molecule has 0 N–H and O–H groups in total. The fourth-order valence-electron chi connectivity index (χ4n) is 21.7. The summed E-state index contributed by atoms with van der Waals surface area (Å²) in [6.07, 6.45) is 0. The Balaban J connectivity index is 0.0000000982. The van der Waals surface area contributed by atoms with Crippen LogP contribution in [0.15, 0.2) is 400 Å². The predicted octanol–water partition coefficient (Wildman–Crippen LogP) is 44.3. The minimum atomic E-state index is 0.165. The summed E-state index contributed by atoms with van der Waals surface area (Å²) in [5.41, 5.74) is 23.2. The molecule has 0 amide bonds. The molecule has 30 aromatic rings. The second-order valence-corrected chi connectivity index (χ2v) is 49.8. The molecule has 0 spiro atoms. The van der Waals surface area contributed by atoms with Crippen LogP contribution in [0.3, 0.4) is 0 Å². The number of fused-ring (bicyclic) bond motifs is 28. The van der Waals surface area contributed by atoms with Crippen molar-refractivity contribution in [2.75, 3.05) is 0 Å². The third kappa shape index (κ3) is 16.4. The van der Waals surface area contributed by atoms with Gasteiger partial charge in [-0.3, -0.25) is 0 Å². The van der Waals surface area contributed by atoms with E-state index in [1.165, 1.54) is 293 Å². The van der Waals surface area contributed by atoms with Crippen LogP contribution in [0.5, 0.6) is 0 Å². The van der Waals surface area contributed by atoms with Gasteiger partial charge in [0.15, 0.2) is 0 Å². The molecule has 0 bridgehead atoms. The zero-order valence-corrected chi connectivity index (χ0v) is 89.9. The highest BCUT2D eigenvalue weighted by Gasteiger charge is 2.25. The lowest BCUT2D eigenvalue weighted by molar-refractivity contribution is 0.590. The van der Waals surface area contributed by atoms with Crippen LogP contribution in [0.1, 0.15) is 88.8 Å². The standard InChI is InChI=1S/C42H36S2.C36H24S2.C34H20S2.C28H16S2/c1-41(2,3)33-15-11-25(12-16-33)27-7-9-29-21-35-37(23-31(29)19-27)43-40-36-22-30-10-8-28(20-32(30)24-38(36)44-39(35)40)26-13-17-34(18-14-26)42(4,5)6;1-21-3-7-23(8-4-21)25-11-13-27-17-31-33(19-29(27)15-25)37-36-32-18-28-14-12-26(24-9-5-22(2)6-10-24)16-30(28)20-34(32)38-35(31)36;1-3-7-21(8-4-1)23-11-13-25-17-29-31(19-27(25)15-23)35-34-30-18-26-14-12-24(22-9-5-2-6-10-22)16-28(26)20-32(30)36-33(29)34;1-3-9-21-19-13-7-5-11-17(19)15-23-25(21)29-28-24-16-18-12-6-8-14-20(18)22(10-4-2)26(24)30-27(23)28/h7-24H,1-6H3;3-20H,1-2H3;1-20H;5-8,11-16H,1-2H3. The van der Waals surface area contributed by atoms with Gasteiger partial charge in [-0.1, -0.05) is 344 Å². The van der Waals surface area contributed by atoms with Gasteiger partial charge in [0.1, 0.15) is 0 Å². The van der Waals surface area contributed by atoms with Crippen molar-refractivity contribution < 1.29 is 0 Å². The van der Waals surface area contributed by atoms with Crippen molar-refractivity contribution in [3.63, 3.8) is 0 Å². The topological polar surface area (TPSA) is 0 Å². The average Bonchev–Trinajstić information content (AvgIpc) is 1.57. The van der Waals surface area contributed by atoms with E-state index in [-0.39, 0.29) is 10.8 Å². The van der Waals surface area contributed by atoms with Crippen LogP contribution in [0.25, 0.3) is 271 Å².